The highest BCUT2D eigenvalue weighted by Gasteiger charge is 2.17. The lowest BCUT2D eigenvalue weighted by atomic mass is 10.1. The van der Waals surface area contributed by atoms with Crippen LogP contribution in [0.5, 0.6) is 0 Å². The SMILES string of the molecule is COC(=O)c1ccc(Cl)cc1NC(=O)C(C)OC. The Kier molecular flexibility index (Phi) is 5.12. The van der Waals surface area contributed by atoms with E-state index >= 15 is 0 Å². The lowest BCUT2D eigenvalue weighted by molar-refractivity contribution is -0.124. The Hall–Kier alpha value is -1.59. The van der Waals surface area contributed by atoms with Gasteiger partial charge in [0.25, 0.3) is 5.91 Å². The van der Waals surface area contributed by atoms with Crippen LogP contribution < -0.4 is 5.32 Å². The van der Waals surface area contributed by atoms with E-state index in [4.69, 9.17) is 16.3 Å². The van der Waals surface area contributed by atoms with Crippen LogP contribution in [0.3, 0.4) is 0 Å². The van der Waals surface area contributed by atoms with Gasteiger partial charge in [-0.2, -0.15) is 0 Å². The highest BCUT2D eigenvalue weighted by atomic mass is 35.5. The number of rotatable bonds is 4. The van der Waals surface area contributed by atoms with Crippen molar-refractivity contribution >= 4 is 29.2 Å². The van der Waals surface area contributed by atoms with E-state index in [1.54, 1.807) is 13.0 Å². The number of methoxy groups -OCH3 is 2. The van der Waals surface area contributed by atoms with Gasteiger partial charge in [-0.3, -0.25) is 4.79 Å². The summed E-state index contributed by atoms with van der Waals surface area (Å²) in [4.78, 5) is 23.2. The van der Waals surface area contributed by atoms with Crippen molar-refractivity contribution in [2.45, 2.75) is 13.0 Å². The second-order valence-electron chi connectivity index (χ2n) is 3.55. The number of carbonyl (C=O) groups is 2. The van der Waals surface area contributed by atoms with Crippen molar-refractivity contribution in [1.29, 1.82) is 0 Å². The molecule has 1 rings (SSSR count). The molecule has 0 aliphatic rings. The lowest BCUT2D eigenvalue weighted by Gasteiger charge is -2.13. The van der Waals surface area contributed by atoms with Gasteiger partial charge in [-0.1, -0.05) is 11.6 Å². The van der Waals surface area contributed by atoms with Crippen molar-refractivity contribution < 1.29 is 19.1 Å². The molecule has 5 nitrogen and oxygen atoms in total. The van der Waals surface area contributed by atoms with E-state index in [-0.39, 0.29) is 11.5 Å². The number of esters is 1. The lowest BCUT2D eigenvalue weighted by Crippen LogP contribution is -2.27. The second-order valence-corrected chi connectivity index (χ2v) is 3.99. The number of carbonyl (C=O) groups excluding carboxylic acids is 2. The third kappa shape index (κ3) is 3.45. The van der Waals surface area contributed by atoms with Crippen LogP contribution in [0, 0.1) is 0 Å². The monoisotopic (exact) mass is 271 g/mol. The molecule has 0 fully saturated rings. The van der Waals surface area contributed by atoms with E-state index in [9.17, 15) is 9.59 Å². The summed E-state index contributed by atoms with van der Waals surface area (Å²) in [5.41, 5.74) is 0.529. The first-order chi connectivity index (χ1) is 8.49. The summed E-state index contributed by atoms with van der Waals surface area (Å²) in [7, 11) is 2.68. The van der Waals surface area contributed by atoms with Crippen LogP contribution >= 0.6 is 11.6 Å². The van der Waals surface area contributed by atoms with E-state index in [1.807, 2.05) is 0 Å². The average molecular weight is 272 g/mol. The molecule has 0 saturated heterocycles. The largest absolute Gasteiger partial charge is 0.465 e. The molecule has 1 unspecified atom stereocenters. The fourth-order valence-corrected chi connectivity index (χ4v) is 1.42. The Morgan fingerprint density at radius 2 is 2.00 bits per heavy atom. The maximum Gasteiger partial charge on any atom is 0.339 e. The van der Waals surface area contributed by atoms with E-state index in [1.165, 1.54) is 26.4 Å². The zero-order valence-electron chi connectivity index (χ0n) is 10.3. The number of hydrogen-bond donors (Lipinski definition) is 1. The average Bonchev–Trinajstić information content (AvgIpc) is 2.37. The van der Waals surface area contributed by atoms with Gasteiger partial charge in [0, 0.05) is 12.1 Å². The van der Waals surface area contributed by atoms with Crippen molar-refractivity contribution in [3.63, 3.8) is 0 Å². The first-order valence-corrected chi connectivity index (χ1v) is 5.59. The van der Waals surface area contributed by atoms with Crippen LogP contribution in [-0.4, -0.2) is 32.2 Å². The molecule has 0 saturated carbocycles. The molecule has 1 atom stereocenters. The molecule has 6 heteroatoms. The second kappa shape index (κ2) is 6.37. The third-order valence-corrected chi connectivity index (χ3v) is 2.60. The van der Waals surface area contributed by atoms with E-state index < -0.39 is 12.1 Å². The van der Waals surface area contributed by atoms with Gasteiger partial charge in [-0.05, 0) is 25.1 Å². The van der Waals surface area contributed by atoms with Crippen LogP contribution in [0.15, 0.2) is 18.2 Å². The Labute approximate surface area is 110 Å². The first kappa shape index (κ1) is 14.5. The summed E-state index contributed by atoms with van der Waals surface area (Å²) in [6.07, 6.45) is -0.630. The topological polar surface area (TPSA) is 64.6 Å². The van der Waals surface area contributed by atoms with Crippen LogP contribution in [0.4, 0.5) is 5.69 Å². The summed E-state index contributed by atoms with van der Waals surface area (Å²) >= 11 is 5.83. The van der Waals surface area contributed by atoms with Gasteiger partial charge in [0.15, 0.2) is 0 Å². The van der Waals surface area contributed by atoms with Crippen molar-refractivity contribution in [1.82, 2.24) is 0 Å². The Balaban J connectivity index is 3.03. The van der Waals surface area contributed by atoms with Crippen molar-refractivity contribution in [2.24, 2.45) is 0 Å². The molecule has 0 bridgehead atoms. The Morgan fingerprint density at radius 3 is 2.56 bits per heavy atom. The number of ether oxygens (including phenoxy) is 2. The molecule has 1 amide bonds. The van der Waals surface area contributed by atoms with Gasteiger partial charge in [0.2, 0.25) is 0 Å². The minimum Gasteiger partial charge on any atom is -0.465 e. The summed E-state index contributed by atoms with van der Waals surface area (Å²) in [5, 5.41) is 2.97. The summed E-state index contributed by atoms with van der Waals surface area (Å²) in [6.45, 7) is 1.59. The minimum absolute atomic E-state index is 0.235. The molecule has 0 spiro atoms. The number of halogens is 1. The van der Waals surface area contributed by atoms with Gasteiger partial charge in [0.1, 0.15) is 6.10 Å². The van der Waals surface area contributed by atoms with Crippen molar-refractivity contribution in [3.8, 4) is 0 Å². The number of amides is 1. The molecule has 0 radical (unpaired) electrons. The zero-order valence-corrected chi connectivity index (χ0v) is 11.1. The maximum absolute atomic E-state index is 11.7. The van der Waals surface area contributed by atoms with E-state index in [2.05, 4.69) is 10.1 Å². The predicted molar refractivity (Wildman–Crippen MR) is 67.9 cm³/mol. The van der Waals surface area contributed by atoms with Crippen LogP contribution in [-0.2, 0) is 14.3 Å². The van der Waals surface area contributed by atoms with Gasteiger partial charge < -0.3 is 14.8 Å². The third-order valence-electron chi connectivity index (χ3n) is 2.37. The van der Waals surface area contributed by atoms with Crippen molar-refractivity contribution in [2.75, 3.05) is 19.5 Å². The smallest absolute Gasteiger partial charge is 0.339 e. The summed E-state index contributed by atoms with van der Waals surface area (Å²) in [6, 6.07) is 4.51. The molecule has 18 heavy (non-hydrogen) atoms. The molecular weight excluding hydrogens is 258 g/mol. The van der Waals surface area contributed by atoms with E-state index in [0.29, 0.717) is 10.7 Å². The normalized spacial score (nSPS) is 11.8. The van der Waals surface area contributed by atoms with Crippen LogP contribution in [0.1, 0.15) is 17.3 Å². The summed E-state index contributed by atoms with van der Waals surface area (Å²) < 4.78 is 9.50. The number of benzene rings is 1. The maximum atomic E-state index is 11.7. The molecule has 1 aromatic rings. The molecule has 1 N–H and O–H groups in total. The van der Waals surface area contributed by atoms with Gasteiger partial charge >= 0.3 is 5.97 Å². The number of nitrogens with one attached hydrogen (secondary N) is 1. The van der Waals surface area contributed by atoms with Gasteiger partial charge in [-0.25, -0.2) is 4.79 Å². The molecule has 0 aromatic heterocycles. The molecule has 0 heterocycles. The van der Waals surface area contributed by atoms with Crippen molar-refractivity contribution in [3.05, 3.63) is 28.8 Å². The molecule has 98 valence electrons. The fourth-order valence-electron chi connectivity index (χ4n) is 1.25. The predicted octanol–water partition coefficient (Wildman–Crippen LogP) is 2.10. The van der Waals surface area contributed by atoms with E-state index in [0.717, 1.165) is 0 Å². The molecule has 0 aliphatic heterocycles. The highest BCUT2D eigenvalue weighted by molar-refractivity contribution is 6.31. The first-order valence-electron chi connectivity index (χ1n) is 5.21. The minimum atomic E-state index is -0.630. The molecular formula is C12H14ClNO4. The highest BCUT2D eigenvalue weighted by Crippen LogP contribution is 2.22. The van der Waals surface area contributed by atoms with Crippen LogP contribution in [0.25, 0.3) is 0 Å². The Bertz CT molecular complexity index is 461. The van der Waals surface area contributed by atoms with Gasteiger partial charge in [-0.15, -0.1) is 0 Å². The number of hydrogen-bond acceptors (Lipinski definition) is 4. The fraction of sp³-hybridized carbons (Fsp3) is 0.333. The quantitative estimate of drug-likeness (QED) is 0.852. The number of anilines is 1. The molecule has 1 aromatic carbocycles. The Morgan fingerprint density at radius 1 is 1.33 bits per heavy atom. The summed E-state index contributed by atoms with van der Waals surface area (Å²) in [5.74, 6) is -0.919. The van der Waals surface area contributed by atoms with Crippen LogP contribution in [0.2, 0.25) is 5.02 Å². The standard InChI is InChI=1S/C12H14ClNO4/c1-7(17-2)11(15)14-10-6-8(13)4-5-9(10)12(16)18-3/h4-7H,1-3H3,(H,14,15). The zero-order chi connectivity index (χ0) is 13.7. The van der Waals surface area contributed by atoms with Gasteiger partial charge in [0.05, 0.1) is 18.4 Å². The molecule has 0 aliphatic carbocycles.